The van der Waals surface area contributed by atoms with Gasteiger partial charge >= 0.3 is 0 Å². The second kappa shape index (κ2) is 9.36. The van der Waals surface area contributed by atoms with Crippen LogP contribution >= 0.6 is 15.9 Å². The van der Waals surface area contributed by atoms with E-state index in [1.165, 1.54) is 18.3 Å². The standard InChI is InChI=1S/C21H19BrN4O4/c1-14-9-16(15(2)25(14)18-6-4-7-19(11-18)26(28)29)12-23-24-21(27)13-30-20-8-3-5-17(22)10-20/h3-12H,13H2,1-2H3,(H,24,27)/b23-12+. The molecule has 0 atom stereocenters. The molecule has 0 unspecified atom stereocenters. The number of hydrogen-bond donors (Lipinski definition) is 1. The van der Waals surface area contributed by atoms with E-state index in [-0.39, 0.29) is 12.3 Å². The van der Waals surface area contributed by atoms with Crippen molar-refractivity contribution in [3.8, 4) is 11.4 Å². The summed E-state index contributed by atoms with van der Waals surface area (Å²) < 4.78 is 8.17. The van der Waals surface area contributed by atoms with E-state index in [1.54, 1.807) is 24.3 Å². The lowest BCUT2D eigenvalue weighted by molar-refractivity contribution is -0.384. The van der Waals surface area contributed by atoms with Gasteiger partial charge in [0.25, 0.3) is 11.6 Å². The number of benzene rings is 2. The number of nitrogens with zero attached hydrogens (tertiary/aromatic N) is 3. The molecule has 0 saturated carbocycles. The maximum absolute atomic E-state index is 11.9. The quantitative estimate of drug-likeness (QED) is 0.316. The minimum absolute atomic E-state index is 0.0212. The van der Waals surface area contributed by atoms with E-state index >= 15 is 0 Å². The molecule has 0 aliphatic rings. The number of carbonyl (C=O) groups is 1. The monoisotopic (exact) mass is 470 g/mol. The van der Waals surface area contributed by atoms with Crippen LogP contribution in [0.2, 0.25) is 0 Å². The van der Waals surface area contributed by atoms with Crippen LogP contribution in [0.4, 0.5) is 5.69 Å². The van der Waals surface area contributed by atoms with E-state index in [1.807, 2.05) is 36.6 Å². The number of hydrazone groups is 1. The van der Waals surface area contributed by atoms with Gasteiger partial charge in [0, 0.05) is 33.6 Å². The summed E-state index contributed by atoms with van der Waals surface area (Å²) in [5.41, 5.74) is 5.65. The summed E-state index contributed by atoms with van der Waals surface area (Å²) in [6.07, 6.45) is 1.53. The first kappa shape index (κ1) is 21.3. The number of nitrogens with one attached hydrogen (secondary N) is 1. The molecule has 30 heavy (non-hydrogen) atoms. The summed E-state index contributed by atoms with van der Waals surface area (Å²) in [6, 6.07) is 15.5. The highest BCUT2D eigenvalue weighted by Crippen LogP contribution is 2.23. The Bertz CT molecular complexity index is 1120. The predicted octanol–water partition coefficient (Wildman–Crippen LogP) is 4.29. The summed E-state index contributed by atoms with van der Waals surface area (Å²) in [4.78, 5) is 22.6. The molecular formula is C21H19BrN4O4. The SMILES string of the molecule is Cc1cc(/C=N/NC(=O)COc2cccc(Br)c2)c(C)n1-c1cccc([N+](=O)[O-])c1. The number of hydrogen-bond acceptors (Lipinski definition) is 5. The molecule has 154 valence electrons. The molecule has 1 heterocycles. The number of aryl methyl sites for hydroxylation is 1. The number of amides is 1. The molecule has 9 heteroatoms. The number of nitro groups is 1. The van der Waals surface area contributed by atoms with Crippen LogP contribution in [0, 0.1) is 24.0 Å². The zero-order chi connectivity index (χ0) is 21.7. The molecule has 3 aromatic rings. The number of aromatic nitrogens is 1. The average Bonchev–Trinajstić information content (AvgIpc) is 3.00. The van der Waals surface area contributed by atoms with Crippen molar-refractivity contribution in [2.75, 3.05) is 6.61 Å². The summed E-state index contributed by atoms with van der Waals surface area (Å²) in [5, 5.41) is 15.0. The Kier molecular flexibility index (Phi) is 6.63. The Balaban J connectivity index is 1.66. The molecule has 0 saturated heterocycles. The predicted molar refractivity (Wildman–Crippen MR) is 117 cm³/mol. The fourth-order valence-corrected chi connectivity index (χ4v) is 3.35. The lowest BCUT2D eigenvalue weighted by atomic mass is 10.2. The zero-order valence-electron chi connectivity index (χ0n) is 16.3. The van der Waals surface area contributed by atoms with Crippen LogP contribution in [0.3, 0.4) is 0 Å². The van der Waals surface area contributed by atoms with Gasteiger partial charge in [-0.2, -0.15) is 5.10 Å². The van der Waals surface area contributed by atoms with Crippen LogP contribution in [0.5, 0.6) is 5.75 Å². The molecule has 1 aromatic heterocycles. The van der Waals surface area contributed by atoms with Crippen molar-refractivity contribution < 1.29 is 14.5 Å². The van der Waals surface area contributed by atoms with Gasteiger partial charge in [-0.25, -0.2) is 5.43 Å². The topological polar surface area (TPSA) is 98.8 Å². The van der Waals surface area contributed by atoms with Crippen molar-refractivity contribution in [1.29, 1.82) is 0 Å². The van der Waals surface area contributed by atoms with Crippen molar-refractivity contribution in [1.82, 2.24) is 9.99 Å². The number of ether oxygens (including phenoxy) is 1. The van der Waals surface area contributed by atoms with E-state index < -0.39 is 10.8 Å². The Labute approximate surface area is 181 Å². The normalized spacial score (nSPS) is 10.9. The van der Waals surface area contributed by atoms with Crippen molar-refractivity contribution in [3.05, 3.63) is 86.1 Å². The Morgan fingerprint density at radius 3 is 2.73 bits per heavy atom. The van der Waals surface area contributed by atoms with E-state index in [4.69, 9.17) is 4.74 Å². The van der Waals surface area contributed by atoms with E-state index in [0.717, 1.165) is 21.4 Å². The molecule has 0 radical (unpaired) electrons. The highest BCUT2D eigenvalue weighted by molar-refractivity contribution is 9.10. The Morgan fingerprint density at radius 2 is 2.00 bits per heavy atom. The second-order valence-corrected chi connectivity index (χ2v) is 7.39. The minimum atomic E-state index is -0.425. The third-order valence-corrected chi connectivity index (χ3v) is 4.82. The molecule has 0 spiro atoms. The first-order valence-electron chi connectivity index (χ1n) is 8.99. The summed E-state index contributed by atoms with van der Waals surface area (Å²) in [6.45, 7) is 3.61. The molecule has 0 aliphatic carbocycles. The smallest absolute Gasteiger partial charge is 0.277 e. The van der Waals surface area contributed by atoms with Gasteiger partial charge in [0.1, 0.15) is 5.75 Å². The molecule has 3 rings (SSSR count). The molecule has 1 amide bonds. The largest absolute Gasteiger partial charge is 0.484 e. The lowest BCUT2D eigenvalue weighted by Crippen LogP contribution is -2.24. The first-order chi connectivity index (χ1) is 14.3. The first-order valence-corrected chi connectivity index (χ1v) is 9.78. The lowest BCUT2D eigenvalue weighted by Gasteiger charge is -2.09. The number of nitro benzene ring substituents is 1. The van der Waals surface area contributed by atoms with Gasteiger partial charge in [0.05, 0.1) is 16.8 Å². The Morgan fingerprint density at radius 1 is 1.23 bits per heavy atom. The van der Waals surface area contributed by atoms with Crippen LogP contribution in [0.15, 0.2) is 64.2 Å². The van der Waals surface area contributed by atoms with E-state index in [9.17, 15) is 14.9 Å². The van der Waals surface area contributed by atoms with Crippen LogP contribution in [0.1, 0.15) is 17.0 Å². The summed E-state index contributed by atoms with van der Waals surface area (Å²) in [7, 11) is 0. The molecule has 0 bridgehead atoms. The van der Waals surface area contributed by atoms with Gasteiger partial charge in [-0.15, -0.1) is 0 Å². The fraction of sp³-hybridized carbons (Fsp3) is 0.143. The number of carbonyl (C=O) groups excluding carboxylic acids is 1. The molecular weight excluding hydrogens is 452 g/mol. The summed E-state index contributed by atoms with van der Waals surface area (Å²) >= 11 is 3.34. The second-order valence-electron chi connectivity index (χ2n) is 6.48. The maximum Gasteiger partial charge on any atom is 0.277 e. The van der Waals surface area contributed by atoms with Gasteiger partial charge in [-0.3, -0.25) is 14.9 Å². The summed E-state index contributed by atoms with van der Waals surface area (Å²) in [5.74, 6) is 0.183. The van der Waals surface area contributed by atoms with Gasteiger partial charge in [0.15, 0.2) is 6.61 Å². The average molecular weight is 471 g/mol. The molecule has 1 N–H and O–H groups in total. The van der Waals surface area contributed by atoms with Crippen LogP contribution < -0.4 is 10.2 Å². The van der Waals surface area contributed by atoms with Gasteiger partial charge in [0.2, 0.25) is 0 Å². The molecule has 0 aliphatic heterocycles. The molecule has 0 fully saturated rings. The minimum Gasteiger partial charge on any atom is -0.484 e. The third kappa shape index (κ3) is 5.12. The van der Waals surface area contributed by atoms with Crippen LogP contribution in [-0.2, 0) is 4.79 Å². The zero-order valence-corrected chi connectivity index (χ0v) is 17.9. The van der Waals surface area contributed by atoms with Crippen LogP contribution in [-0.4, -0.2) is 28.2 Å². The fourth-order valence-electron chi connectivity index (χ4n) is 2.97. The third-order valence-electron chi connectivity index (χ3n) is 4.33. The molecule has 8 nitrogen and oxygen atoms in total. The number of rotatable bonds is 7. The van der Waals surface area contributed by atoms with Crippen molar-refractivity contribution in [3.63, 3.8) is 0 Å². The van der Waals surface area contributed by atoms with Gasteiger partial charge < -0.3 is 9.30 Å². The van der Waals surface area contributed by atoms with Crippen molar-refractivity contribution in [2.45, 2.75) is 13.8 Å². The van der Waals surface area contributed by atoms with Crippen molar-refractivity contribution in [2.24, 2.45) is 5.10 Å². The highest BCUT2D eigenvalue weighted by Gasteiger charge is 2.13. The van der Waals surface area contributed by atoms with Crippen molar-refractivity contribution >= 4 is 33.7 Å². The van der Waals surface area contributed by atoms with Crippen LogP contribution in [0.25, 0.3) is 5.69 Å². The molecule has 2 aromatic carbocycles. The van der Waals surface area contributed by atoms with E-state index in [0.29, 0.717) is 11.4 Å². The number of halogens is 1. The van der Waals surface area contributed by atoms with E-state index in [2.05, 4.69) is 26.5 Å². The highest BCUT2D eigenvalue weighted by atomic mass is 79.9. The number of non-ortho nitro benzene ring substituents is 1. The maximum atomic E-state index is 11.9. The van der Waals surface area contributed by atoms with Gasteiger partial charge in [-0.05, 0) is 44.2 Å². The Hall–Kier alpha value is -3.46. The van der Waals surface area contributed by atoms with Gasteiger partial charge in [-0.1, -0.05) is 28.1 Å².